The summed E-state index contributed by atoms with van der Waals surface area (Å²) in [5.74, 6) is 0. The minimum atomic E-state index is -0.394. The highest BCUT2D eigenvalue weighted by Crippen LogP contribution is 2.15. The zero-order valence-corrected chi connectivity index (χ0v) is 10.2. The largest absolute Gasteiger partial charge is 0.395 e. The maximum Gasteiger partial charge on any atom is 0.269 e. The van der Waals surface area contributed by atoms with Crippen molar-refractivity contribution in [3.8, 4) is 0 Å². The summed E-state index contributed by atoms with van der Waals surface area (Å²) in [5, 5.41) is 19.6. The SMILES string of the molecule is CC(C)N(CCO)Cc1cccc([N+](=O)[O-])c1. The molecule has 0 aromatic heterocycles. The van der Waals surface area contributed by atoms with E-state index in [1.807, 2.05) is 19.9 Å². The molecular weight excluding hydrogens is 220 g/mol. The van der Waals surface area contributed by atoms with Crippen LogP contribution in [-0.2, 0) is 6.54 Å². The highest BCUT2D eigenvalue weighted by Gasteiger charge is 2.11. The number of rotatable bonds is 6. The molecule has 0 spiro atoms. The number of hydrogen-bond acceptors (Lipinski definition) is 4. The molecule has 0 bridgehead atoms. The predicted molar refractivity (Wildman–Crippen MR) is 65.7 cm³/mol. The Morgan fingerprint density at radius 1 is 1.47 bits per heavy atom. The monoisotopic (exact) mass is 238 g/mol. The molecule has 1 aromatic carbocycles. The number of aliphatic hydroxyl groups is 1. The van der Waals surface area contributed by atoms with Gasteiger partial charge in [0, 0.05) is 31.3 Å². The third-order valence-electron chi connectivity index (χ3n) is 2.62. The van der Waals surface area contributed by atoms with E-state index in [1.54, 1.807) is 12.1 Å². The molecule has 0 aliphatic heterocycles. The van der Waals surface area contributed by atoms with Gasteiger partial charge in [0.15, 0.2) is 0 Å². The van der Waals surface area contributed by atoms with Crippen molar-refractivity contribution in [2.45, 2.75) is 26.4 Å². The Hall–Kier alpha value is -1.46. The summed E-state index contributed by atoms with van der Waals surface area (Å²) in [5.41, 5.74) is 0.997. The van der Waals surface area contributed by atoms with Gasteiger partial charge in [0.1, 0.15) is 0 Å². The van der Waals surface area contributed by atoms with Crippen molar-refractivity contribution >= 4 is 5.69 Å². The van der Waals surface area contributed by atoms with Gasteiger partial charge in [-0.1, -0.05) is 12.1 Å². The molecule has 17 heavy (non-hydrogen) atoms. The van der Waals surface area contributed by atoms with E-state index in [1.165, 1.54) is 6.07 Å². The van der Waals surface area contributed by atoms with E-state index < -0.39 is 4.92 Å². The first-order chi connectivity index (χ1) is 8.04. The van der Waals surface area contributed by atoms with E-state index in [0.29, 0.717) is 19.1 Å². The van der Waals surface area contributed by atoms with Crippen molar-refractivity contribution in [3.63, 3.8) is 0 Å². The number of non-ortho nitro benzene ring substituents is 1. The highest BCUT2D eigenvalue weighted by atomic mass is 16.6. The molecule has 0 unspecified atom stereocenters. The van der Waals surface area contributed by atoms with Crippen LogP contribution in [0.4, 0.5) is 5.69 Å². The van der Waals surface area contributed by atoms with Gasteiger partial charge in [-0.2, -0.15) is 0 Å². The Morgan fingerprint density at radius 2 is 2.18 bits per heavy atom. The lowest BCUT2D eigenvalue weighted by atomic mass is 10.1. The molecule has 0 atom stereocenters. The molecule has 0 aliphatic rings. The summed E-state index contributed by atoms with van der Waals surface area (Å²) in [7, 11) is 0. The molecule has 5 heteroatoms. The Kier molecular flexibility index (Phi) is 5.06. The molecule has 0 radical (unpaired) electrons. The van der Waals surface area contributed by atoms with Crippen LogP contribution in [0, 0.1) is 10.1 Å². The number of aliphatic hydroxyl groups excluding tert-OH is 1. The average molecular weight is 238 g/mol. The molecule has 0 heterocycles. The predicted octanol–water partition coefficient (Wildman–Crippen LogP) is 1.80. The van der Waals surface area contributed by atoms with Gasteiger partial charge in [-0.3, -0.25) is 15.0 Å². The smallest absolute Gasteiger partial charge is 0.269 e. The van der Waals surface area contributed by atoms with Gasteiger partial charge in [0.25, 0.3) is 5.69 Å². The fraction of sp³-hybridized carbons (Fsp3) is 0.500. The van der Waals surface area contributed by atoms with Crippen molar-refractivity contribution in [1.29, 1.82) is 0 Å². The van der Waals surface area contributed by atoms with Gasteiger partial charge in [0.05, 0.1) is 11.5 Å². The summed E-state index contributed by atoms with van der Waals surface area (Å²) >= 11 is 0. The number of hydrogen-bond donors (Lipinski definition) is 1. The lowest BCUT2D eigenvalue weighted by Gasteiger charge is -2.25. The van der Waals surface area contributed by atoms with Crippen molar-refractivity contribution in [1.82, 2.24) is 4.90 Å². The third-order valence-corrected chi connectivity index (χ3v) is 2.62. The van der Waals surface area contributed by atoms with Crippen LogP contribution in [0.5, 0.6) is 0 Å². The fourth-order valence-corrected chi connectivity index (χ4v) is 1.65. The maximum absolute atomic E-state index is 10.7. The van der Waals surface area contributed by atoms with E-state index >= 15 is 0 Å². The van der Waals surface area contributed by atoms with E-state index in [0.717, 1.165) is 5.56 Å². The highest BCUT2D eigenvalue weighted by molar-refractivity contribution is 5.34. The summed E-state index contributed by atoms with van der Waals surface area (Å²) in [4.78, 5) is 12.3. The molecule has 0 saturated heterocycles. The molecule has 0 aliphatic carbocycles. The third kappa shape index (κ3) is 4.13. The van der Waals surface area contributed by atoms with Crippen LogP contribution in [0.1, 0.15) is 19.4 Å². The van der Waals surface area contributed by atoms with Gasteiger partial charge in [-0.15, -0.1) is 0 Å². The second kappa shape index (κ2) is 6.32. The van der Waals surface area contributed by atoms with E-state index in [9.17, 15) is 10.1 Å². The first-order valence-corrected chi connectivity index (χ1v) is 5.63. The minimum Gasteiger partial charge on any atom is -0.395 e. The summed E-state index contributed by atoms with van der Waals surface area (Å²) in [6.45, 7) is 5.34. The normalized spacial score (nSPS) is 11.1. The van der Waals surface area contributed by atoms with Gasteiger partial charge in [-0.05, 0) is 19.4 Å². The summed E-state index contributed by atoms with van der Waals surface area (Å²) in [6.07, 6.45) is 0. The summed E-state index contributed by atoms with van der Waals surface area (Å²) < 4.78 is 0. The van der Waals surface area contributed by atoms with Crippen molar-refractivity contribution in [3.05, 3.63) is 39.9 Å². The molecular formula is C12H18N2O3. The van der Waals surface area contributed by atoms with Crippen LogP contribution in [0.2, 0.25) is 0 Å². The van der Waals surface area contributed by atoms with E-state index in [4.69, 9.17) is 5.11 Å². The summed E-state index contributed by atoms with van der Waals surface area (Å²) in [6, 6.07) is 6.90. The first kappa shape index (κ1) is 13.6. The lowest BCUT2D eigenvalue weighted by Crippen LogP contribution is -2.32. The van der Waals surface area contributed by atoms with E-state index in [-0.39, 0.29) is 12.3 Å². The van der Waals surface area contributed by atoms with Crippen molar-refractivity contribution < 1.29 is 10.0 Å². The van der Waals surface area contributed by atoms with Gasteiger partial charge in [-0.25, -0.2) is 0 Å². The molecule has 1 rings (SSSR count). The zero-order chi connectivity index (χ0) is 12.8. The van der Waals surface area contributed by atoms with Gasteiger partial charge >= 0.3 is 0 Å². The van der Waals surface area contributed by atoms with Crippen molar-refractivity contribution in [2.75, 3.05) is 13.2 Å². The quantitative estimate of drug-likeness (QED) is 0.606. The van der Waals surface area contributed by atoms with Gasteiger partial charge < -0.3 is 5.11 Å². The number of nitrogens with zero attached hydrogens (tertiary/aromatic N) is 2. The Bertz CT molecular complexity index is 380. The van der Waals surface area contributed by atoms with Crippen LogP contribution in [0.25, 0.3) is 0 Å². The van der Waals surface area contributed by atoms with Gasteiger partial charge in [0.2, 0.25) is 0 Å². The first-order valence-electron chi connectivity index (χ1n) is 5.63. The van der Waals surface area contributed by atoms with Crippen LogP contribution < -0.4 is 0 Å². The zero-order valence-electron chi connectivity index (χ0n) is 10.2. The molecule has 5 nitrogen and oxygen atoms in total. The van der Waals surface area contributed by atoms with Crippen LogP contribution in [0.15, 0.2) is 24.3 Å². The molecule has 94 valence electrons. The second-order valence-corrected chi connectivity index (χ2v) is 4.21. The molecule has 1 aromatic rings. The Balaban J connectivity index is 2.78. The van der Waals surface area contributed by atoms with E-state index in [2.05, 4.69) is 4.90 Å². The van der Waals surface area contributed by atoms with Crippen LogP contribution in [-0.4, -0.2) is 34.1 Å². The standard InChI is InChI=1S/C12H18N2O3/c1-10(2)13(6-7-15)9-11-4-3-5-12(8-11)14(16)17/h3-5,8,10,15H,6-7,9H2,1-2H3. The van der Waals surface area contributed by atoms with Crippen LogP contribution >= 0.6 is 0 Å². The Morgan fingerprint density at radius 3 is 2.71 bits per heavy atom. The number of benzene rings is 1. The van der Waals surface area contributed by atoms with Crippen molar-refractivity contribution in [2.24, 2.45) is 0 Å². The lowest BCUT2D eigenvalue weighted by molar-refractivity contribution is -0.384. The average Bonchev–Trinajstić information content (AvgIpc) is 2.28. The fourth-order valence-electron chi connectivity index (χ4n) is 1.65. The number of nitro benzene ring substituents is 1. The second-order valence-electron chi connectivity index (χ2n) is 4.21. The molecule has 1 N–H and O–H groups in total. The Labute approximate surface area is 101 Å². The molecule has 0 saturated carbocycles. The number of nitro groups is 1. The minimum absolute atomic E-state index is 0.0904. The maximum atomic E-state index is 10.7. The molecule has 0 amide bonds. The van der Waals surface area contributed by atoms with Crippen LogP contribution in [0.3, 0.4) is 0 Å². The topological polar surface area (TPSA) is 66.6 Å². The molecule has 0 fully saturated rings.